The average molecular weight is 359 g/mol. The van der Waals surface area contributed by atoms with E-state index in [0.717, 1.165) is 5.56 Å². The van der Waals surface area contributed by atoms with E-state index in [1.54, 1.807) is 30.3 Å². The van der Waals surface area contributed by atoms with E-state index in [-0.39, 0.29) is 6.10 Å². The number of halogens is 1. The maximum absolute atomic E-state index is 13.1. The number of carbonyl (C=O) groups excluding carboxylic acids is 2. The van der Waals surface area contributed by atoms with Crippen molar-refractivity contribution in [3.8, 4) is 0 Å². The molecule has 1 N–H and O–H groups in total. The summed E-state index contributed by atoms with van der Waals surface area (Å²) < 4.78 is 23.8. The van der Waals surface area contributed by atoms with Gasteiger partial charge >= 0.3 is 5.97 Å². The quantitative estimate of drug-likeness (QED) is 0.761. The van der Waals surface area contributed by atoms with E-state index in [2.05, 4.69) is 5.32 Å². The molecule has 2 aromatic carbocycles. The highest BCUT2D eigenvalue weighted by molar-refractivity contribution is 5.97. The van der Waals surface area contributed by atoms with Crippen LogP contribution in [-0.2, 0) is 20.9 Å². The lowest BCUT2D eigenvalue weighted by molar-refractivity contribution is -0.123. The minimum Gasteiger partial charge on any atom is -0.449 e. The molecule has 26 heavy (non-hydrogen) atoms. The monoisotopic (exact) mass is 359 g/mol. The van der Waals surface area contributed by atoms with E-state index in [1.165, 1.54) is 25.1 Å². The lowest BCUT2D eigenvalue weighted by Gasteiger charge is -2.14. The number of benzene rings is 2. The van der Waals surface area contributed by atoms with Crippen molar-refractivity contribution < 1.29 is 23.5 Å². The third-order valence-electron chi connectivity index (χ3n) is 3.52. The molecule has 0 bridgehead atoms. The number of carbonyl (C=O) groups is 2. The van der Waals surface area contributed by atoms with Crippen molar-refractivity contribution in [2.45, 2.75) is 39.6 Å². The van der Waals surface area contributed by atoms with Crippen molar-refractivity contribution >= 4 is 17.6 Å². The second-order valence-corrected chi connectivity index (χ2v) is 6.10. The normalized spacial score (nSPS) is 11.9. The largest absolute Gasteiger partial charge is 0.449 e. The zero-order chi connectivity index (χ0) is 19.1. The van der Waals surface area contributed by atoms with Crippen LogP contribution in [0.1, 0.15) is 36.7 Å². The molecular weight excluding hydrogens is 337 g/mol. The van der Waals surface area contributed by atoms with Crippen LogP contribution in [-0.4, -0.2) is 24.1 Å². The van der Waals surface area contributed by atoms with Crippen LogP contribution in [0.25, 0.3) is 0 Å². The van der Waals surface area contributed by atoms with Gasteiger partial charge in [-0.25, -0.2) is 9.18 Å². The molecule has 0 unspecified atom stereocenters. The fourth-order valence-corrected chi connectivity index (χ4v) is 2.09. The Kier molecular flexibility index (Phi) is 6.86. The smallest absolute Gasteiger partial charge is 0.338 e. The minimum atomic E-state index is -1.02. The van der Waals surface area contributed by atoms with Crippen molar-refractivity contribution in [1.82, 2.24) is 0 Å². The molecule has 2 aromatic rings. The van der Waals surface area contributed by atoms with Crippen molar-refractivity contribution in [3.05, 3.63) is 65.5 Å². The molecule has 138 valence electrons. The van der Waals surface area contributed by atoms with Crippen LogP contribution in [0.15, 0.2) is 48.5 Å². The van der Waals surface area contributed by atoms with E-state index >= 15 is 0 Å². The number of anilines is 1. The molecule has 5 nitrogen and oxygen atoms in total. The van der Waals surface area contributed by atoms with Gasteiger partial charge in [0.15, 0.2) is 6.10 Å². The fourth-order valence-electron chi connectivity index (χ4n) is 2.09. The first-order chi connectivity index (χ1) is 12.3. The molecule has 0 aliphatic rings. The number of rotatable bonds is 7. The Labute approximate surface area is 152 Å². The van der Waals surface area contributed by atoms with Crippen molar-refractivity contribution in [2.75, 3.05) is 5.32 Å². The van der Waals surface area contributed by atoms with Crippen molar-refractivity contribution in [3.63, 3.8) is 0 Å². The van der Waals surface area contributed by atoms with Crippen molar-refractivity contribution in [1.29, 1.82) is 0 Å². The van der Waals surface area contributed by atoms with Crippen LogP contribution < -0.4 is 5.32 Å². The van der Waals surface area contributed by atoms with Crippen LogP contribution in [0.4, 0.5) is 10.1 Å². The molecule has 0 spiro atoms. The Hall–Kier alpha value is -2.73. The summed E-state index contributed by atoms with van der Waals surface area (Å²) in [4.78, 5) is 24.2. The Bertz CT molecular complexity index is 759. The van der Waals surface area contributed by atoms with Gasteiger partial charge in [0.25, 0.3) is 5.91 Å². The van der Waals surface area contributed by atoms with Gasteiger partial charge in [0.2, 0.25) is 0 Å². The van der Waals surface area contributed by atoms with Gasteiger partial charge in [0.05, 0.1) is 18.3 Å². The predicted octanol–water partition coefficient (Wildman–Crippen LogP) is 3.93. The summed E-state index contributed by atoms with van der Waals surface area (Å²) in [6.07, 6.45) is -0.896. The molecule has 0 aliphatic heterocycles. The lowest BCUT2D eigenvalue weighted by Crippen LogP contribution is -2.30. The van der Waals surface area contributed by atoms with Crippen LogP contribution in [0.5, 0.6) is 0 Å². The summed E-state index contributed by atoms with van der Waals surface area (Å²) in [5.74, 6) is -1.61. The number of ether oxygens (including phenoxy) is 2. The van der Waals surface area contributed by atoms with E-state index < -0.39 is 23.8 Å². The van der Waals surface area contributed by atoms with Gasteiger partial charge in [-0.2, -0.15) is 0 Å². The van der Waals surface area contributed by atoms with E-state index in [1.807, 2.05) is 13.8 Å². The SMILES string of the molecule is CC(C)OCc1ccc(C(=O)O[C@@H](C)C(=O)Nc2cccc(F)c2)cc1. The predicted molar refractivity (Wildman–Crippen MR) is 96.3 cm³/mol. The standard InChI is InChI=1S/C20H22FNO4/c1-13(2)25-12-15-7-9-16(10-8-15)20(24)26-14(3)19(23)22-18-6-4-5-17(21)11-18/h4-11,13-14H,12H2,1-3H3,(H,22,23)/t14-/m0/s1. The third kappa shape index (κ3) is 5.97. The van der Waals surface area contributed by atoms with E-state index in [4.69, 9.17) is 9.47 Å². The molecule has 0 fully saturated rings. The van der Waals surface area contributed by atoms with Gasteiger partial charge in [-0.1, -0.05) is 18.2 Å². The topological polar surface area (TPSA) is 64.6 Å². The van der Waals surface area contributed by atoms with Gasteiger partial charge < -0.3 is 14.8 Å². The van der Waals surface area contributed by atoms with Gasteiger partial charge in [-0.3, -0.25) is 4.79 Å². The van der Waals surface area contributed by atoms with Gasteiger partial charge in [0.1, 0.15) is 5.82 Å². The maximum atomic E-state index is 13.1. The van der Waals surface area contributed by atoms with E-state index in [0.29, 0.717) is 17.9 Å². The molecule has 1 atom stereocenters. The summed E-state index contributed by atoms with van der Waals surface area (Å²) in [7, 11) is 0. The molecule has 0 saturated heterocycles. The number of hydrogen-bond donors (Lipinski definition) is 1. The molecule has 6 heteroatoms. The molecule has 0 saturated carbocycles. The zero-order valence-electron chi connectivity index (χ0n) is 15.0. The molecular formula is C20H22FNO4. The third-order valence-corrected chi connectivity index (χ3v) is 3.52. The van der Waals surface area contributed by atoms with Crippen LogP contribution in [0.3, 0.4) is 0 Å². The van der Waals surface area contributed by atoms with Gasteiger partial charge in [0, 0.05) is 5.69 Å². The number of hydrogen-bond acceptors (Lipinski definition) is 4. The zero-order valence-corrected chi connectivity index (χ0v) is 15.0. The first kappa shape index (κ1) is 19.6. The highest BCUT2D eigenvalue weighted by Crippen LogP contribution is 2.12. The minimum absolute atomic E-state index is 0.122. The molecule has 0 aliphatic carbocycles. The summed E-state index contributed by atoms with van der Waals surface area (Å²) in [6.45, 7) is 5.81. The van der Waals surface area contributed by atoms with Crippen LogP contribution in [0.2, 0.25) is 0 Å². The van der Waals surface area contributed by atoms with Gasteiger partial charge in [-0.15, -0.1) is 0 Å². The number of esters is 1. The molecule has 0 heterocycles. The molecule has 0 aromatic heterocycles. The average Bonchev–Trinajstić information content (AvgIpc) is 2.60. The van der Waals surface area contributed by atoms with Crippen LogP contribution in [0, 0.1) is 5.82 Å². The Morgan fingerprint density at radius 2 is 1.77 bits per heavy atom. The second-order valence-electron chi connectivity index (χ2n) is 6.10. The number of nitrogens with one attached hydrogen (secondary N) is 1. The Morgan fingerprint density at radius 1 is 1.08 bits per heavy atom. The van der Waals surface area contributed by atoms with Crippen LogP contribution >= 0.6 is 0 Å². The Balaban J connectivity index is 1.90. The van der Waals surface area contributed by atoms with Crippen molar-refractivity contribution in [2.24, 2.45) is 0 Å². The maximum Gasteiger partial charge on any atom is 0.338 e. The lowest BCUT2D eigenvalue weighted by atomic mass is 10.1. The molecule has 2 rings (SSSR count). The summed E-state index contributed by atoms with van der Waals surface area (Å²) in [5, 5.41) is 2.50. The summed E-state index contributed by atoms with van der Waals surface area (Å²) in [5.41, 5.74) is 1.57. The molecule has 1 amide bonds. The molecule has 0 radical (unpaired) electrons. The first-order valence-electron chi connectivity index (χ1n) is 8.33. The summed E-state index contributed by atoms with van der Waals surface area (Å²) in [6, 6.07) is 12.3. The fraction of sp³-hybridized carbons (Fsp3) is 0.300. The number of amides is 1. The first-order valence-corrected chi connectivity index (χ1v) is 8.33. The Morgan fingerprint density at radius 3 is 2.38 bits per heavy atom. The highest BCUT2D eigenvalue weighted by atomic mass is 19.1. The highest BCUT2D eigenvalue weighted by Gasteiger charge is 2.19. The van der Waals surface area contributed by atoms with E-state index in [9.17, 15) is 14.0 Å². The second kappa shape index (κ2) is 9.10. The van der Waals surface area contributed by atoms with Gasteiger partial charge in [-0.05, 0) is 56.7 Å². The summed E-state index contributed by atoms with van der Waals surface area (Å²) >= 11 is 0.